The van der Waals surface area contributed by atoms with E-state index in [4.69, 9.17) is 4.74 Å². The highest BCUT2D eigenvalue weighted by molar-refractivity contribution is 8.12. The zero-order valence-electron chi connectivity index (χ0n) is 17.5. The molecule has 0 fully saturated rings. The third-order valence-electron chi connectivity index (χ3n) is 4.67. The molecule has 0 spiro atoms. The SMILES string of the molecule is CN(CCOCCNC(=O)NSC(=O)c1ccc2ccccc2c1)Cc1ccccc1. The van der Waals surface area contributed by atoms with Crippen LogP contribution in [0.15, 0.2) is 72.8 Å². The number of rotatable bonds is 9. The van der Waals surface area contributed by atoms with Crippen LogP contribution < -0.4 is 10.0 Å². The van der Waals surface area contributed by atoms with E-state index in [1.165, 1.54) is 5.56 Å². The molecule has 0 aliphatic rings. The van der Waals surface area contributed by atoms with Crippen LogP contribution in [0.25, 0.3) is 10.8 Å². The number of carbonyl (C=O) groups is 2. The number of hydrogen-bond donors (Lipinski definition) is 2. The molecule has 2 N–H and O–H groups in total. The Hall–Kier alpha value is -2.87. The van der Waals surface area contributed by atoms with E-state index in [1.807, 2.05) is 61.6 Å². The van der Waals surface area contributed by atoms with Crippen molar-refractivity contribution >= 4 is 33.9 Å². The Bertz CT molecular complexity index is 998. The molecule has 0 aliphatic heterocycles. The van der Waals surface area contributed by atoms with Crippen molar-refractivity contribution in [3.05, 3.63) is 83.9 Å². The molecule has 3 aromatic carbocycles. The maximum atomic E-state index is 12.3. The highest BCUT2D eigenvalue weighted by Gasteiger charge is 2.10. The summed E-state index contributed by atoms with van der Waals surface area (Å²) in [6, 6.07) is 23.2. The van der Waals surface area contributed by atoms with Crippen LogP contribution in [-0.4, -0.2) is 49.4 Å². The molecule has 31 heavy (non-hydrogen) atoms. The summed E-state index contributed by atoms with van der Waals surface area (Å²) < 4.78 is 8.09. The molecule has 0 saturated carbocycles. The Morgan fingerprint density at radius 1 is 0.935 bits per heavy atom. The maximum absolute atomic E-state index is 12.3. The van der Waals surface area contributed by atoms with E-state index in [0.717, 1.165) is 35.8 Å². The van der Waals surface area contributed by atoms with Gasteiger partial charge in [-0.15, -0.1) is 0 Å². The molecule has 0 atom stereocenters. The van der Waals surface area contributed by atoms with Crippen molar-refractivity contribution < 1.29 is 14.3 Å². The molecule has 0 saturated heterocycles. The van der Waals surface area contributed by atoms with Gasteiger partial charge in [-0.1, -0.05) is 60.7 Å². The van der Waals surface area contributed by atoms with Crippen LogP contribution >= 0.6 is 11.9 Å². The minimum atomic E-state index is -0.413. The third-order valence-corrected chi connectivity index (χ3v) is 5.37. The number of urea groups is 1. The van der Waals surface area contributed by atoms with E-state index < -0.39 is 6.03 Å². The first-order chi connectivity index (χ1) is 15.1. The van der Waals surface area contributed by atoms with Crippen LogP contribution in [0, 0.1) is 0 Å². The fourth-order valence-electron chi connectivity index (χ4n) is 3.04. The number of amides is 2. The molecule has 7 heteroatoms. The second-order valence-corrected chi connectivity index (χ2v) is 7.92. The molecule has 3 aromatic rings. The molecule has 0 unspecified atom stereocenters. The van der Waals surface area contributed by atoms with Crippen LogP contribution in [0.3, 0.4) is 0 Å². The highest BCUT2D eigenvalue weighted by atomic mass is 32.2. The first-order valence-electron chi connectivity index (χ1n) is 10.2. The first kappa shape index (κ1) is 22.8. The Labute approximate surface area is 187 Å². The lowest BCUT2D eigenvalue weighted by Crippen LogP contribution is -2.34. The molecule has 0 aromatic heterocycles. The second-order valence-electron chi connectivity index (χ2n) is 7.15. The molecule has 3 rings (SSSR count). The van der Waals surface area contributed by atoms with Crippen LogP contribution in [0.5, 0.6) is 0 Å². The third kappa shape index (κ3) is 7.71. The van der Waals surface area contributed by atoms with Gasteiger partial charge in [-0.05, 0) is 35.5 Å². The minimum Gasteiger partial charge on any atom is -0.378 e. The zero-order valence-corrected chi connectivity index (χ0v) is 18.4. The second kappa shape index (κ2) is 12.1. The number of likely N-dealkylation sites (N-methyl/N-ethyl adjacent to an activating group) is 1. The first-order valence-corrected chi connectivity index (χ1v) is 11.0. The molecule has 0 radical (unpaired) electrons. The summed E-state index contributed by atoms with van der Waals surface area (Å²) in [6.07, 6.45) is 0. The number of hydrogen-bond acceptors (Lipinski definition) is 5. The largest absolute Gasteiger partial charge is 0.378 e. The average Bonchev–Trinajstić information content (AvgIpc) is 2.80. The lowest BCUT2D eigenvalue weighted by Gasteiger charge is -2.16. The fourth-order valence-corrected chi connectivity index (χ4v) is 3.54. The van der Waals surface area contributed by atoms with Gasteiger partial charge in [0.15, 0.2) is 0 Å². The molecule has 0 bridgehead atoms. The van der Waals surface area contributed by atoms with E-state index in [-0.39, 0.29) is 5.12 Å². The van der Waals surface area contributed by atoms with Gasteiger partial charge in [0.1, 0.15) is 0 Å². The number of ether oxygens (including phenoxy) is 1. The van der Waals surface area contributed by atoms with Gasteiger partial charge in [-0.3, -0.25) is 14.4 Å². The van der Waals surface area contributed by atoms with Gasteiger partial charge in [0.05, 0.1) is 13.2 Å². The number of nitrogens with one attached hydrogen (secondary N) is 2. The van der Waals surface area contributed by atoms with Crippen LogP contribution in [0.1, 0.15) is 15.9 Å². The summed E-state index contributed by atoms with van der Waals surface area (Å²) in [7, 11) is 2.05. The van der Waals surface area contributed by atoms with E-state index in [1.54, 1.807) is 6.07 Å². The molecular formula is C24H27N3O3S. The van der Waals surface area contributed by atoms with Crippen molar-refractivity contribution in [3.63, 3.8) is 0 Å². The molecule has 162 valence electrons. The van der Waals surface area contributed by atoms with Crippen LogP contribution in [-0.2, 0) is 11.3 Å². The smallest absolute Gasteiger partial charge is 0.325 e. The van der Waals surface area contributed by atoms with Crippen molar-refractivity contribution in [3.8, 4) is 0 Å². The summed E-state index contributed by atoms with van der Waals surface area (Å²) >= 11 is 0.771. The van der Waals surface area contributed by atoms with Gasteiger partial charge in [-0.2, -0.15) is 0 Å². The zero-order chi connectivity index (χ0) is 21.9. The Kier molecular flexibility index (Phi) is 8.90. The lowest BCUT2D eigenvalue weighted by atomic mass is 10.1. The van der Waals surface area contributed by atoms with Crippen LogP contribution in [0.4, 0.5) is 4.79 Å². The summed E-state index contributed by atoms with van der Waals surface area (Å²) in [4.78, 5) is 26.4. The normalized spacial score (nSPS) is 10.9. The fraction of sp³-hybridized carbons (Fsp3) is 0.250. The maximum Gasteiger partial charge on any atom is 0.325 e. The predicted molar refractivity (Wildman–Crippen MR) is 126 cm³/mol. The van der Waals surface area contributed by atoms with E-state index in [0.29, 0.717) is 25.3 Å². The molecule has 2 amide bonds. The molecule has 0 heterocycles. The van der Waals surface area contributed by atoms with Crippen molar-refractivity contribution in [2.24, 2.45) is 0 Å². The number of carbonyl (C=O) groups excluding carboxylic acids is 2. The van der Waals surface area contributed by atoms with E-state index >= 15 is 0 Å². The van der Waals surface area contributed by atoms with Gasteiger partial charge < -0.3 is 10.1 Å². The van der Waals surface area contributed by atoms with Gasteiger partial charge >= 0.3 is 6.03 Å². The number of nitrogens with zero attached hydrogens (tertiary/aromatic N) is 1. The Balaban J connectivity index is 1.26. The Morgan fingerprint density at radius 3 is 2.48 bits per heavy atom. The summed E-state index contributed by atoms with van der Waals surface area (Å²) in [6.45, 7) is 3.04. The van der Waals surface area contributed by atoms with Crippen molar-refractivity contribution in [1.29, 1.82) is 0 Å². The molecule has 0 aliphatic carbocycles. The van der Waals surface area contributed by atoms with E-state index in [9.17, 15) is 9.59 Å². The van der Waals surface area contributed by atoms with Crippen molar-refractivity contribution in [2.45, 2.75) is 6.54 Å². The van der Waals surface area contributed by atoms with Crippen molar-refractivity contribution in [1.82, 2.24) is 14.9 Å². The quantitative estimate of drug-likeness (QED) is 0.390. The van der Waals surface area contributed by atoms with E-state index in [2.05, 4.69) is 27.1 Å². The van der Waals surface area contributed by atoms with Gasteiger partial charge in [-0.25, -0.2) is 4.79 Å². The summed E-state index contributed by atoms with van der Waals surface area (Å²) in [5.74, 6) is 0. The number of fused-ring (bicyclic) bond motifs is 1. The average molecular weight is 438 g/mol. The monoisotopic (exact) mass is 437 g/mol. The van der Waals surface area contributed by atoms with Crippen LogP contribution in [0.2, 0.25) is 0 Å². The summed E-state index contributed by atoms with van der Waals surface area (Å²) in [5.41, 5.74) is 1.81. The van der Waals surface area contributed by atoms with Gasteiger partial charge in [0.2, 0.25) is 5.12 Å². The van der Waals surface area contributed by atoms with Gasteiger partial charge in [0, 0.05) is 37.1 Å². The molecule has 6 nitrogen and oxygen atoms in total. The highest BCUT2D eigenvalue weighted by Crippen LogP contribution is 2.18. The topological polar surface area (TPSA) is 70.7 Å². The predicted octanol–water partition coefficient (Wildman–Crippen LogP) is 4.08. The lowest BCUT2D eigenvalue weighted by molar-refractivity contribution is 0.108. The number of benzene rings is 3. The Morgan fingerprint density at radius 2 is 1.68 bits per heavy atom. The van der Waals surface area contributed by atoms with Crippen molar-refractivity contribution in [2.75, 3.05) is 33.4 Å². The summed E-state index contributed by atoms with van der Waals surface area (Å²) in [5, 5.41) is 4.54. The standard InChI is InChI=1S/C24H27N3O3S/c1-27(18-19-7-3-2-4-8-19)14-16-30-15-13-25-24(29)26-31-23(28)22-12-11-20-9-5-6-10-21(20)17-22/h2-12,17H,13-16,18H2,1H3,(H2,25,26,29). The van der Waals surface area contributed by atoms with Gasteiger partial charge in [0.25, 0.3) is 0 Å². The minimum absolute atomic E-state index is 0.210. The molecular weight excluding hydrogens is 410 g/mol.